The molecule has 2 aliphatic rings. The summed E-state index contributed by atoms with van der Waals surface area (Å²) in [6.07, 6.45) is 1.59. The third-order valence-electron chi connectivity index (χ3n) is 5.88. The number of hydrogen-bond donors (Lipinski definition) is 1. The zero-order valence-electron chi connectivity index (χ0n) is 19.4. The second kappa shape index (κ2) is 10.7. The van der Waals surface area contributed by atoms with Crippen LogP contribution in [0.25, 0.3) is 0 Å². The van der Waals surface area contributed by atoms with E-state index in [1.807, 2.05) is 25.1 Å². The first kappa shape index (κ1) is 25.1. The van der Waals surface area contributed by atoms with Gasteiger partial charge in [-0.15, -0.1) is 0 Å². The maximum Gasteiger partial charge on any atom is 0.340 e. The fourth-order valence-corrected chi connectivity index (χ4v) is 5.09. The Morgan fingerprint density at radius 3 is 2.71 bits per heavy atom. The molecule has 1 atom stereocenters. The molecule has 0 aromatic heterocycles. The minimum absolute atomic E-state index is 0.0663. The predicted octanol–water partition coefficient (Wildman–Crippen LogP) is 5.54. The maximum absolute atomic E-state index is 13.0. The smallest absolute Gasteiger partial charge is 0.340 e. The number of allylic oxidation sites excluding steroid dienone is 2. The molecule has 0 bridgehead atoms. The topological polar surface area (TPSA) is 97.1 Å². The number of ketones is 1. The normalized spacial score (nSPS) is 17.6. The summed E-state index contributed by atoms with van der Waals surface area (Å²) in [5.74, 6) is -0.157. The van der Waals surface area contributed by atoms with Crippen LogP contribution in [0, 0.1) is 0 Å². The van der Waals surface area contributed by atoms with Gasteiger partial charge in [-0.3, -0.25) is 4.79 Å². The molecule has 1 aliphatic carbocycles. The average molecular weight is 563 g/mol. The van der Waals surface area contributed by atoms with Crippen LogP contribution in [0.5, 0.6) is 11.5 Å². The van der Waals surface area contributed by atoms with Crippen LogP contribution in [0.1, 0.15) is 43.2 Å². The first-order valence-electron chi connectivity index (χ1n) is 11.2. The number of methoxy groups -OCH3 is 1. The average Bonchev–Trinajstić information content (AvgIpc) is 2.83. The molecular formula is C26H25BrClNO6. The third-order valence-corrected chi connectivity index (χ3v) is 6.84. The number of Topliss-reactive ketones (excluding diaryl/α,β-unsaturated/α-hetero) is 1. The summed E-state index contributed by atoms with van der Waals surface area (Å²) in [6.45, 7) is 2.46. The number of nitrogens with two attached hydrogens (primary N) is 1. The number of rotatable bonds is 7. The molecule has 0 fully saturated rings. The Labute approximate surface area is 216 Å². The molecule has 2 aromatic rings. The van der Waals surface area contributed by atoms with Crippen LogP contribution in [-0.2, 0) is 25.7 Å². The minimum Gasteiger partial charge on any atom is -0.490 e. The van der Waals surface area contributed by atoms with Gasteiger partial charge in [0.25, 0.3) is 0 Å². The van der Waals surface area contributed by atoms with Crippen LogP contribution in [0.4, 0.5) is 0 Å². The van der Waals surface area contributed by atoms with Crippen molar-refractivity contribution in [3.63, 3.8) is 0 Å². The lowest BCUT2D eigenvalue weighted by atomic mass is 9.77. The van der Waals surface area contributed by atoms with E-state index in [1.165, 1.54) is 7.11 Å². The first-order chi connectivity index (χ1) is 16.8. The summed E-state index contributed by atoms with van der Waals surface area (Å²) >= 11 is 9.86. The number of benzene rings is 2. The van der Waals surface area contributed by atoms with Gasteiger partial charge in [0, 0.05) is 29.0 Å². The Morgan fingerprint density at radius 2 is 2.00 bits per heavy atom. The molecule has 7 nitrogen and oxygen atoms in total. The SMILES string of the molecule is CCOc1cc([C@H]2C(C(=O)OC)=C(N)OC3=C2C(=O)CCC3)cc(Br)c1OCc1ccccc1Cl. The minimum atomic E-state index is -0.757. The van der Waals surface area contributed by atoms with E-state index in [4.69, 9.17) is 36.3 Å². The van der Waals surface area contributed by atoms with Crippen molar-refractivity contribution in [1.82, 2.24) is 0 Å². The van der Waals surface area contributed by atoms with E-state index < -0.39 is 11.9 Å². The van der Waals surface area contributed by atoms with Crippen LogP contribution in [0.3, 0.4) is 0 Å². The third kappa shape index (κ3) is 5.04. The van der Waals surface area contributed by atoms with Crippen molar-refractivity contribution in [2.24, 2.45) is 5.73 Å². The number of esters is 1. The molecule has 0 radical (unpaired) electrons. The van der Waals surface area contributed by atoms with Crippen LogP contribution in [-0.4, -0.2) is 25.5 Å². The molecule has 0 saturated carbocycles. The first-order valence-corrected chi connectivity index (χ1v) is 12.4. The van der Waals surface area contributed by atoms with E-state index >= 15 is 0 Å². The summed E-state index contributed by atoms with van der Waals surface area (Å²) in [5, 5.41) is 0.596. The number of carbonyl (C=O) groups is 2. The lowest BCUT2D eigenvalue weighted by Crippen LogP contribution is -2.31. The molecule has 9 heteroatoms. The Morgan fingerprint density at radius 1 is 1.23 bits per heavy atom. The zero-order valence-corrected chi connectivity index (χ0v) is 21.7. The molecule has 35 heavy (non-hydrogen) atoms. The Kier molecular flexibility index (Phi) is 7.72. The van der Waals surface area contributed by atoms with Gasteiger partial charge in [-0.1, -0.05) is 29.8 Å². The van der Waals surface area contributed by atoms with E-state index in [1.54, 1.807) is 18.2 Å². The van der Waals surface area contributed by atoms with Gasteiger partial charge >= 0.3 is 5.97 Å². The second-order valence-electron chi connectivity index (χ2n) is 8.06. The van der Waals surface area contributed by atoms with Gasteiger partial charge in [0.15, 0.2) is 17.3 Å². The monoisotopic (exact) mass is 561 g/mol. The Bertz CT molecular complexity index is 1240. The van der Waals surface area contributed by atoms with Crippen molar-refractivity contribution in [1.29, 1.82) is 0 Å². The predicted molar refractivity (Wildman–Crippen MR) is 134 cm³/mol. The van der Waals surface area contributed by atoms with Gasteiger partial charge in [-0.05, 0) is 53.0 Å². The van der Waals surface area contributed by atoms with Gasteiger partial charge in [0.1, 0.15) is 17.9 Å². The highest BCUT2D eigenvalue weighted by atomic mass is 79.9. The highest BCUT2D eigenvalue weighted by Gasteiger charge is 2.41. The number of ether oxygens (including phenoxy) is 4. The van der Waals surface area contributed by atoms with Crippen LogP contribution < -0.4 is 15.2 Å². The highest BCUT2D eigenvalue weighted by molar-refractivity contribution is 9.10. The molecule has 0 amide bonds. The van der Waals surface area contributed by atoms with Crippen molar-refractivity contribution >= 4 is 39.3 Å². The molecule has 2 aromatic carbocycles. The lowest BCUT2D eigenvalue weighted by molar-refractivity contribution is -0.136. The zero-order chi connectivity index (χ0) is 25.1. The second-order valence-corrected chi connectivity index (χ2v) is 9.32. The number of halogens is 2. The van der Waals surface area contributed by atoms with E-state index in [0.29, 0.717) is 63.8 Å². The quantitative estimate of drug-likeness (QED) is 0.442. The van der Waals surface area contributed by atoms with Crippen LogP contribution >= 0.6 is 27.5 Å². The van der Waals surface area contributed by atoms with Gasteiger partial charge in [0.2, 0.25) is 5.88 Å². The van der Waals surface area contributed by atoms with E-state index in [-0.39, 0.29) is 23.8 Å². The van der Waals surface area contributed by atoms with Gasteiger partial charge in [-0.25, -0.2) is 4.79 Å². The molecule has 0 saturated heterocycles. The summed E-state index contributed by atoms with van der Waals surface area (Å²) in [5.41, 5.74) is 8.11. The standard InChI is InChI=1S/C26H25BrClNO6/c1-3-33-20-12-15(11-16(27)24(20)34-13-14-7-4-5-8-17(14)28)21-22-18(30)9-6-10-19(22)35-25(29)23(21)26(31)32-2/h4-5,7-8,11-12,21H,3,6,9-10,13,29H2,1-2H3/t21-/m1/s1. The van der Waals surface area contributed by atoms with E-state index in [0.717, 1.165) is 5.56 Å². The summed E-state index contributed by atoms with van der Waals surface area (Å²) in [6, 6.07) is 11.0. The van der Waals surface area contributed by atoms with Gasteiger partial charge < -0.3 is 24.7 Å². The van der Waals surface area contributed by atoms with Gasteiger partial charge in [0.05, 0.1) is 24.1 Å². The summed E-state index contributed by atoms with van der Waals surface area (Å²) in [7, 11) is 1.26. The molecular weight excluding hydrogens is 538 g/mol. The van der Waals surface area contributed by atoms with Crippen molar-refractivity contribution in [3.05, 3.63) is 79.8 Å². The molecule has 0 unspecified atom stereocenters. The number of carbonyl (C=O) groups excluding carboxylic acids is 2. The molecule has 184 valence electrons. The van der Waals surface area contributed by atoms with Crippen LogP contribution in [0.2, 0.25) is 5.02 Å². The highest BCUT2D eigenvalue weighted by Crippen LogP contribution is 2.47. The van der Waals surface area contributed by atoms with Crippen LogP contribution in [0.15, 0.2) is 63.7 Å². The molecule has 4 rings (SSSR count). The van der Waals surface area contributed by atoms with Crippen molar-refractivity contribution in [3.8, 4) is 11.5 Å². The largest absolute Gasteiger partial charge is 0.490 e. The molecule has 1 aliphatic heterocycles. The molecule has 1 heterocycles. The Balaban J connectivity index is 1.80. The van der Waals surface area contributed by atoms with E-state index in [9.17, 15) is 9.59 Å². The molecule has 0 spiro atoms. The summed E-state index contributed by atoms with van der Waals surface area (Å²) < 4.78 is 23.3. The number of hydrogen-bond acceptors (Lipinski definition) is 7. The lowest BCUT2D eigenvalue weighted by Gasteiger charge is -2.32. The summed E-state index contributed by atoms with van der Waals surface area (Å²) in [4.78, 5) is 25.7. The van der Waals surface area contributed by atoms with Gasteiger partial charge in [-0.2, -0.15) is 0 Å². The fraction of sp³-hybridized carbons (Fsp3) is 0.308. The van der Waals surface area contributed by atoms with Crippen molar-refractivity contribution in [2.75, 3.05) is 13.7 Å². The fourth-order valence-electron chi connectivity index (χ4n) is 4.32. The maximum atomic E-state index is 13.0. The van der Waals surface area contributed by atoms with Crippen molar-refractivity contribution in [2.45, 2.75) is 38.7 Å². The van der Waals surface area contributed by atoms with E-state index in [2.05, 4.69) is 15.9 Å². The Hall–Kier alpha value is -2.97. The van der Waals surface area contributed by atoms with Crippen molar-refractivity contribution < 1.29 is 28.5 Å². The molecule has 2 N–H and O–H groups in total.